The van der Waals surface area contributed by atoms with Crippen LogP contribution in [0, 0.1) is 11.3 Å². The molecule has 0 aliphatic heterocycles. The van der Waals surface area contributed by atoms with E-state index in [2.05, 4.69) is 27.7 Å². The minimum atomic E-state index is -2.51. The molecule has 0 spiro atoms. The van der Waals surface area contributed by atoms with Crippen molar-refractivity contribution in [1.29, 1.82) is 0 Å². The van der Waals surface area contributed by atoms with Crippen LogP contribution in [0.2, 0.25) is 0 Å². The van der Waals surface area contributed by atoms with E-state index in [4.69, 9.17) is 0 Å². The second-order valence-corrected chi connectivity index (χ2v) is 4.73. The fraction of sp³-hybridized carbons (Fsp3) is 1.00. The lowest BCUT2D eigenvalue weighted by atomic mass is 9.73. The van der Waals surface area contributed by atoms with Crippen LogP contribution >= 0.6 is 0 Å². The van der Waals surface area contributed by atoms with E-state index in [9.17, 15) is 8.78 Å². The molecule has 0 aromatic carbocycles. The number of halogens is 2. The van der Waals surface area contributed by atoms with Gasteiger partial charge in [0.25, 0.3) is 0 Å². The highest BCUT2D eigenvalue weighted by Crippen LogP contribution is 2.38. The molecule has 0 radical (unpaired) electrons. The number of rotatable bonds is 5. The molecule has 2 heteroatoms. The normalized spacial score (nSPS) is 17.5. The molecule has 0 saturated carbocycles. The molecule has 13 heavy (non-hydrogen) atoms. The summed E-state index contributed by atoms with van der Waals surface area (Å²) in [6, 6.07) is 0. The van der Waals surface area contributed by atoms with Gasteiger partial charge in [0, 0.05) is 6.42 Å². The molecule has 0 aliphatic rings. The fourth-order valence-electron chi connectivity index (χ4n) is 1.38. The number of hydrogen-bond donors (Lipinski definition) is 0. The first-order chi connectivity index (χ1) is 5.71. The van der Waals surface area contributed by atoms with Gasteiger partial charge in [-0.2, -0.15) is 0 Å². The Morgan fingerprint density at radius 3 is 1.77 bits per heavy atom. The number of hydrogen-bond acceptors (Lipinski definition) is 0. The van der Waals surface area contributed by atoms with Crippen LogP contribution in [0.5, 0.6) is 0 Å². The first-order valence-electron chi connectivity index (χ1n) is 5.09. The van der Waals surface area contributed by atoms with Crippen molar-refractivity contribution in [2.45, 2.75) is 59.8 Å². The van der Waals surface area contributed by atoms with Crippen LogP contribution in [0.1, 0.15) is 53.9 Å². The SMILES string of the molecule is CCC(C)(CCC(C)(F)F)C(C)C. The van der Waals surface area contributed by atoms with Crippen LogP contribution in [0.15, 0.2) is 0 Å². The molecule has 0 N–H and O–H groups in total. The molecular weight excluding hydrogens is 170 g/mol. The van der Waals surface area contributed by atoms with Crippen molar-refractivity contribution in [3.8, 4) is 0 Å². The Morgan fingerprint density at radius 1 is 1.08 bits per heavy atom. The zero-order valence-electron chi connectivity index (χ0n) is 9.45. The highest BCUT2D eigenvalue weighted by molar-refractivity contribution is 4.78. The van der Waals surface area contributed by atoms with Crippen molar-refractivity contribution in [3.63, 3.8) is 0 Å². The van der Waals surface area contributed by atoms with Gasteiger partial charge in [0.2, 0.25) is 5.92 Å². The summed E-state index contributed by atoms with van der Waals surface area (Å²) in [4.78, 5) is 0. The van der Waals surface area contributed by atoms with Gasteiger partial charge in [-0.1, -0.05) is 34.1 Å². The van der Waals surface area contributed by atoms with E-state index in [1.54, 1.807) is 0 Å². The van der Waals surface area contributed by atoms with E-state index in [0.717, 1.165) is 13.3 Å². The van der Waals surface area contributed by atoms with Crippen LogP contribution < -0.4 is 0 Å². The van der Waals surface area contributed by atoms with Gasteiger partial charge in [0.1, 0.15) is 0 Å². The molecule has 80 valence electrons. The number of alkyl halides is 2. The second kappa shape index (κ2) is 4.39. The quantitative estimate of drug-likeness (QED) is 0.602. The van der Waals surface area contributed by atoms with E-state index >= 15 is 0 Å². The third-order valence-electron chi connectivity index (χ3n) is 3.34. The lowest BCUT2D eigenvalue weighted by Gasteiger charge is -2.33. The first kappa shape index (κ1) is 12.9. The average molecular weight is 192 g/mol. The van der Waals surface area contributed by atoms with Gasteiger partial charge < -0.3 is 0 Å². The molecule has 1 unspecified atom stereocenters. The smallest absolute Gasteiger partial charge is 0.207 e. The molecule has 0 saturated heterocycles. The van der Waals surface area contributed by atoms with Crippen molar-refractivity contribution in [3.05, 3.63) is 0 Å². The topological polar surface area (TPSA) is 0 Å². The minimum Gasteiger partial charge on any atom is -0.207 e. The van der Waals surface area contributed by atoms with E-state index in [0.29, 0.717) is 12.3 Å². The van der Waals surface area contributed by atoms with E-state index in [-0.39, 0.29) is 11.8 Å². The lowest BCUT2D eigenvalue weighted by molar-refractivity contribution is -0.00576. The molecule has 0 aromatic rings. The molecule has 1 atom stereocenters. The molecule has 0 nitrogen and oxygen atoms in total. The highest BCUT2D eigenvalue weighted by atomic mass is 19.3. The molecule has 0 aromatic heterocycles. The average Bonchev–Trinajstić information content (AvgIpc) is 1.98. The summed E-state index contributed by atoms with van der Waals surface area (Å²) >= 11 is 0. The fourth-order valence-corrected chi connectivity index (χ4v) is 1.38. The predicted molar refractivity (Wildman–Crippen MR) is 53.1 cm³/mol. The maximum atomic E-state index is 12.7. The van der Waals surface area contributed by atoms with Crippen molar-refractivity contribution in [1.82, 2.24) is 0 Å². The summed E-state index contributed by atoms with van der Waals surface area (Å²) in [5.41, 5.74) is 0.0689. The van der Waals surface area contributed by atoms with Crippen molar-refractivity contribution < 1.29 is 8.78 Å². The Balaban J connectivity index is 4.14. The van der Waals surface area contributed by atoms with Gasteiger partial charge in [0.05, 0.1) is 0 Å². The largest absolute Gasteiger partial charge is 0.245 e. The zero-order chi connectivity index (χ0) is 10.7. The Hall–Kier alpha value is -0.140. The summed E-state index contributed by atoms with van der Waals surface area (Å²) in [7, 11) is 0. The Labute approximate surface area is 80.7 Å². The maximum Gasteiger partial charge on any atom is 0.245 e. The first-order valence-corrected chi connectivity index (χ1v) is 5.09. The van der Waals surface area contributed by atoms with Gasteiger partial charge in [-0.3, -0.25) is 0 Å². The molecular formula is C11H22F2. The van der Waals surface area contributed by atoms with E-state index in [1.165, 1.54) is 0 Å². The van der Waals surface area contributed by atoms with Gasteiger partial charge in [0.15, 0.2) is 0 Å². The van der Waals surface area contributed by atoms with Crippen molar-refractivity contribution in [2.24, 2.45) is 11.3 Å². The minimum absolute atomic E-state index is 0.00944. The van der Waals surface area contributed by atoms with Gasteiger partial charge in [-0.25, -0.2) is 8.78 Å². The van der Waals surface area contributed by atoms with Crippen LogP contribution in [0.25, 0.3) is 0 Å². The van der Waals surface area contributed by atoms with Crippen molar-refractivity contribution in [2.75, 3.05) is 0 Å². The summed E-state index contributed by atoms with van der Waals surface area (Å²) in [6.07, 6.45) is 1.60. The maximum absolute atomic E-state index is 12.7. The molecule has 0 fully saturated rings. The van der Waals surface area contributed by atoms with Gasteiger partial charge in [-0.05, 0) is 24.7 Å². The third-order valence-corrected chi connectivity index (χ3v) is 3.34. The van der Waals surface area contributed by atoms with E-state index in [1.807, 2.05) is 0 Å². The Kier molecular flexibility index (Phi) is 4.34. The standard InChI is InChI=1S/C11H22F2/c1-6-10(4,9(2)3)7-8-11(5,12)13/h9H,6-8H2,1-5H3. The van der Waals surface area contributed by atoms with Crippen molar-refractivity contribution >= 4 is 0 Å². The molecule has 0 heterocycles. The van der Waals surface area contributed by atoms with Crippen LogP contribution in [0.3, 0.4) is 0 Å². The molecule has 0 aliphatic carbocycles. The van der Waals surface area contributed by atoms with Crippen LogP contribution in [0.4, 0.5) is 8.78 Å². The lowest BCUT2D eigenvalue weighted by Crippen LogP contribution is -2.25. The monoisotopic (exact) mass is 192 g/mol. The van der Waals surface area contributed by atoms with Crippen LogP contribution in [-0.4, -0.2) is 5.92 Å². The highest BCUT2D eigenvalue weighted by Gasteiger charge is 2.31. The molecule has 0 amide bonds. The summed E-state index contributed by atoms with van der Waals surface area (Å²) in [6.45, 7) is 9.40. The van der Waals surface area contributed by atoms with Gasteiger partial charge in [-0.15, -0.1) is 0 Å². The predicted octanol–water partition coefficient (Wildman–Crippen LogP) is 4.49. The Bertz CT molecular complexity index is 147. The van der Waals surface area contributed by atoms with E-state index < -0.39 is 5.92 Å². The van der Waals surface area contributed by atoms with Gasteiger partial charge >= 0.3 is 0 Å². The Morgan fingerprint density at radius 2 is 1.54 bits per heavy atom. The summed E-state index contributed by atoms with van der Waals surface area (Å²) in [5.74, 6) is -2.04. The summed E-state index contributed by atoms with van der Waals surface area (Å²) < 4.78 is 25.3. The molecule has 0 rings (SSSR count). The zero-order valence-corrected chi connectivity index (χ0v) is 9.45. The second-order valence-electron chi connectivity index (χ2n) is 4.73. The summed E-state index contributed by atoms with van der Waals surface area (Å²) in [5, 5.41) is 0. The third kappa shape index (κ3) is 4.58. The molecule has 0 bridgehead atoms. The van der Waals surface area contributed by atoms with Crippen LogP contribution in [-0.2, 0) is 0 Å².